The highest BCUT2D eigenvalue weighted by molar-refractivity contribution is 6.13. The van der Waals surface area contributed by atoms with Crippen LogP contribution in [0, 0.1) is 0 Å². The largest absolute Gasteiger partial charge is 0.458 e. The molecule has 0 atom stereocenters. The maximum Gasteiger partial charge on any atom is 0.339 e. The van der Waals surface area contributed by atoms with E-state index in [0.717, 1.165) is 31.3 Å². The van der Waals surface area contributed by atoms with Crippen LogP contribution < -0.4 is 0 Å². The van der Waals surface area contributed by atoms with E-state index in [4.69, 9.17) is 4.74 Å². The Morgan fingerprint density at radius 3 is 2.53 bits per heavy atom. The first kappa shape index (κ1) is 8.89. The van der Waals surface area contributed by atoms with Gasteiger partial charge >= 0.3 is 5.97 Å². The van der Waals surface area contributed by atoms with Crippen molar-refractivity contribution in [1.29, 1.82) is 0 Å². The monoisotopic (exact) mass is 204 g/mol. The highest BCUT2D eigenvalue weighted by atomic mass is 16.5. The topological polar surface area (TPSA) is 43.4 Å². The molecule has 0 aromatic carbocycles. The molecule has 3 heteroatoms. The Kier molecular flexibility index (Phi) is 1.81. The first-order chi connectivity index (χ1) is 7.27. The summed E-state index contributed by atoms with van der Waals surface area (Å²) >= 11 is 0. The summed E-state index contributed by atoms with van der Waals surface area (Å²) in [6.45, 7) is 0.401. The van der Waals surface area contributed by atoms with Gasteiger partial charge in [-0.2, -0.15) is 0 Å². The number of ketones is 1. The number of Topliss-reactive ketones (excluding diaryl/α,β-unsaturated/α-hetero) is 1. The smallest absolute Gasteiger partial charge is 0.339 e. The van der Waals surface area contributed by atoms with Crippen molar-refractivity contribution in [1.82, 2.24) is 0 Å². The van der Waals surface area contributed by atoms with Crippen molar-refractivity contribution in [2.24, 2.45) is 0 Å². The van der Waals surface area contributed by atoms with Gasteiger partial charge in [0.2, 0.25) is 0 Å². The Balaban J connectivity index is 2.16. The molecule has 78 valence electrons. The minimum atomic E-state index is -0.283. The van der Waals surface area contributed by atoms with E-state index in [9.17, 15) is 9.59 Å². The molecule has 2 aliphatic carbocycles. The number of hydrogen-bond donors (Lipinski definition) is 0. The zero-order valence-electron chi connectivity index (χ0n) is 8.47. The quantitative estimate of drug-likeness (QED) is 0.564. The fraction of sp³-hybridized carbons (Fsp3) is 0.500. The first-order valence-electron chi connectivity index (χ1n) is 5.42. The number of carbonyl (C=O) groups is 2. The molecular formula is C12H12O3. The SMILES string of the molecule is O=C1CCC2=C1C1=C(CCC2)COC1=O. The van der Waals surface area contributed by atoms with Crippen molar-refractivity contribution >= 4 is 11.8 Å². The third-order valence-corrected chi connectivity index (χ3v) is 3.43. The van der Waals surface area contributed by atoms with Crippen molar-refractivity contribution in [3.63, 3.8) is 0 Å². The van der Waals surface area contributed by atoms with Gasteiger partial charge in [0.1, 0.15) is 6.61 Å². The fourth-order valence-electron chi connectivity index (χ4n) is 2.71. The number of allylic oxidation sites excluding steroid dienone is 1. The lowest BCUT2D eigenvalue weighted by Crippen LogP contribution is -2.07. The highest BCUT2D eigenvalue weighted by Crippen LogP contribution is 2.39. The van der Waals surface area contributed by atoms with Crippen molar-refractivity contribution in [2.75, 3.05) is 6.61 Å². The van der Waals surface area contributed by atoms with Crippen molar-refractivity contribution in [2.45, 2.75) is 32.1 Å². The lowest BCUT2D eigenvalue weighted by atomic mass is 9.99. The zero-order valence-corrected chi connectivity index (χ0v) is 8.47. The number of ether oxygens (including phenoxy) is 1. The highest BCUT2D eigenvalue weighted by Gasteiger charge is 2.36. The summed E-state index contributed by atoms with van der Waals surface area (Å²) in [4.78, 5) is 23.3. The van der Waals surface area contributed by atoms with Gasteiger partial charge < -0.3 is 4.74 Å². The predicted octanol–water partition coefficient (Wildman–Crippen LogP) is 1.68. The molecule has 0 spiro atoms. The molecule has 3 nitrogen and oxygen atoms in total. The van der Waals surface area contributed by atoms with E-state index < -0.39 is 0 Å². The van der Waals surface area contributed by atoms with Crippen LogP contribution in [0.1, 0.15) is 32.1 Å². The van der Waals surface area contributed by atoms with Gasteiger partial charge in [0.15, 0.2) is 5.78 Å². The lowest BCUT2D eigenvalue weighted by molar-refractivity contribution is -0.136. The number of fused-ring (bicyclic) bond motifs is 1. The first-order valence-corrected chi connectivity index (χ1v) is 5.42. The predicted molar refractivity (Wildman–Crippen MR) is 53.1 cm³/mol. The van der Waals surface area contributed by atoms with E-state index in [1.54, 1.807) is 0 Å². The molecule has 1 heterocycles. The Bertz CT molecular complexity index is 386. The number of hydrogen-bond acceptors (Lipinski definition) is 3. The van der Waals surface area contributed by atoms with Gasteiger partial charge in [-0.05, 0) is 31.3 Å². The molecule has 0 radical (unpaired) electrons. The standard InChI is InChI=1S/C12H12O3/c13-9-5-4-7-2-1-3-8-6-15-12(14)11(8)10(7)9/h1-6H2. The van der Waals surface area contributed by atoms with Gasteiger partial charge in [-0.1, -0.05) is 5.57 Å². The van der Waals surface area contributed by atoms with Gasteiger partial charge in [-0.15, -0.1) is 0 Å². The van der Waals surface area contributed by atoms with E-state index in [1.165, 1.54) is 5.57 Å². The van der Waals surface area contributed by atoms with Crippen LogP contribution in [-0.4, -0.2) is 18.4 Å². The minimum absolute atomic E-state index is 0.137. The van der Waals surface area contributed by atoms with Crippen LogP contribution in [0.5, 0.6) is 0 Å². The molecule has 0 aromatic rings. The second kappa shape index (κ2) is 3.05. The van der Waals surface area contributed by atoms with Crippen LogP contribution in [0.2, 0.25) is 0 Å². The summed E-state index contributed by atoms with van der Waals surface area (Å²) < 4.78 is 5.01. The summed E-state index contributed by atoms with van der Waals surface area (Å²) in [5, 5.41) is 0. The number of rotatable bonds is 0. The summed E-state index contributed by atoms with van der Waals surface area (Å²) in [6.07, 6.45) is 4.34. The summed E-state index contributed by atoms with van der Waals surface area (Å²) in [7, 11) is 0. The third-order valence-electron chi connectivity index (χ3n) is 3.43. The molecule has 0 unspecified atom stereocenters. The molecule has 3 rings (SSSR count). The van der Waals surface area contributed by atoms with Gasteiger partial charge in [-0.25, -0.2) is 4.79 Å². The Labute approximate surface area is 87.8 Å². The van der Waals surface area contributed by atoms with Crippen LogP contribution in [0.15, 0.2) is 22.3 Å². The van der Waals surface area contributed by atoms with E-state index in [0.29, 0.717) is 24.2 Å². The van der Waals surface area contributed by atoms with Gasteiger partial charge in [-0.3, -0.25) is 4.79 Å². The van der Waals surface area contributed by atoms with Crippen molar-refractivity contribution in [3.8, 4) is 0 Å². The van der Waals surface area contributed by atoms with Crippen LogP contribution in [0.25, 0.3) is 0 Å². The van der Waals surface area contributed by atoms with Crippen molar-refractivity contribution < 1.29 is 14.3 Å². The number of carbonyl (C=O) groups excluding carboxylic acids is 2. The van der Waals surface area contributed by atoms with Crippen LogP contribution in [0.3, 0.4) is 0 Å². The normalized spacial score (nSPS) is 25.3. The molecule has 0 saturated carbocycles. The van der Waals surface area contributed by atoms with Crippen LogP contribution in [0.4, 0.5) is 0 Å². The summed E-state index contributed by atoms with van der Waals surface area (Å²) in [6, 6.07) is 0. The number of esters is 1. The molecule has 0 amide bonds. The van der Waals surface area contributed by atoms with Gasteiger partial charge in [0.05, 0.1) is 5.57 Å². The Morgan fingerprint density at radius 2 is 1.67 bits per heavy atom. The molecule has 1 aliphatic heterocycles. The molecule has 0 bridgehead atoms. The van der Waals surface area contributed by atoms with Crippen LogP contribution >= 0.6 is 0 Å². The summed E-state index contributed by atoms with van der Waals surface area (Å²) in [5.74, 6) is -0.145. The Hall–Kier alpha value is -1.38. The second-order valence-corrected chi connectivity index (χ2v) is 4.31. The van der Waals surface area contributed by atoms with E-state index in [2.05, 4.69) is 0 Å². The lowest BCUT2D eigenvalue weighted by Gasteiger charge is -2.02. The third kappa shape index (κ3) is 1.19. The fourth-order valence-corrected chi connectivity index (χ4v) is 2.71. The second-order valence-electron chi connectivity index (χ2n) is 4.31. The van der Waals surface area contributed by atoms with E-state index in [1.807, 2.05) is 0 Å². The van der Waals surface area contributed by atoms with Crippen LogP contribution in [-0.2, 0) is 14.3 Å². The molecular weight excluding hydrogens is 192 g/mol. The van der Waals surface area contributed by atoms with Crippen molar-refractivity contribution in [3.05, 3.63) is 22.3 Å². The minimum Gasteiger partial charge on any atom is -0.458 e. The average Bonchev–Trinajstić information content (AvgIpc) is 2.68. The molecule has 15 heavy (non-hydrogen) atoms. The van der Waals surface area contributed by atoms with E-state index >= 15 is 0 Å². The van der Waals surface area contributed by atoms with Gasteiger partial charge in [0, 0.05) is 12.0 Å². The Morgan fingerprint density at radius 1 is 0.867 bits per heavy atom. The maximum atomic E-state index is 11.7. The maximum absolute atomic E-state index is 11.7. The molecule has 3 aliphatic rings. The van der Waals surface area contributed by atoms with Gasteiger partial charge in [0.25, 0.3) is 0 Å². The molecule has 0 N–H and O–H groups in total. The zero-order chi connectivity index (χ0) is 10.4. The summed E-state index contributed by atoms with van der Waals surface area (Å²) in [5.41, 5.74) is 3.55. The molecule has 0 saturated heterocycles. The van der Waals surface area contributed by atoms with E-state index in [-0.39, 0.29) is 11.8 Å². The average molecular weight is 204 g/mol. The molecule has 0 fully saturated rings. The molecule has 0 aromatic heterocycles. The number of cyclic esters (lactones) is 1.